The van der Waals surface area contributed by atoms with E-state index in [-0.39, 0.29) is 0 Å². The number of nitrogens with one attached hydrogen (secondary N) is 1. The molecule has 126 valence electrons. The number of hydrogen-bond acceptors (Lipinski definition) is 5. The first-order chi connectivity index (χ1) is 11.5. The Balaban J connectivity index is 2.52. The average molecular weight is 329 g/mol. The number of fused-ring (bicyclic) bond motifs is 1. The standard InChI is InChI=1S/C18H19NO5/c1-11(20)15(17(21)23-2)16(19-18(22)24-3)14-9-8-12-6-4-5-7-13(12)10-14/h4-10,15-16H,1-3H3,(H,19,22). The number of amides is 1. The number of ketones is 1. The lowest BCUT2D eigenvalue weighted by Gasteiger charge is -2.24. The number of rotatable bonds is 5. The zero-order chi connectivity index (χ0) is 17.7. The molecule has 6 heteroatoms. The van der Waals surface area contributed by atoms with Crippen molar-refractivity contribution in [2.24, 2.45) is 5.92 Å². The summed E-state index contributed by atoms with van der Waals surface area (Å²) >= 11 is 0. The summed E-state index contributed by atoms with van der Waals surface area (Å²) in [5.41, 5.74) is 0.615. The molecule has 24 heavy (non-hydrogen) atoms. The van der Waals surface area contributed by atoms with Gasteiger partial charge in [-0.2, -0.15) is 0 Å². The van der Waals surface area contributed by atoms with Crippen molar-refractivity contribution in [3.05, 3.63) is 48.0 Å². The first-order valence-electron chi connectivity index (χ1n) is 7.39. The second-order valence-electron chi connectivity index (χ2n) is 5.33. The van der Waals surface area contributed by atoms with Gasteiger partial charge in [0.1, 0.15) is 11.7 Å². The van der Waals surface area contributed by atoms with Crippen LogP contribution in [0.3, 0.4) is 0 Å². The van der Waals surface area contributed by atoms with Crippen molar-refractivity contribution in [3.8, 4) is 0 Å². The van der Waals surface area contributed by atoms with E-state index in [1.807, 2.05) is 36.4 Å². The van der Waals surface area contributed by atoms with Crippen LogP contribution in [0.4, 0.5) is 4.79 Å². The van der Waals surface area contributed by atoms with Crippen LogP contribution in [0, 0.1) is 5.92 Å². The molecule has 0 aliphatic rings. The fourth-order valence-corrected chi connectivity index (χ4v) is 2.61. The Hall–Kier alpha value is -2.89. The number of carbonyl (C=O) groups is 3. The van der Waals surface area contributed by atoms with Crippen LogP contribution in [0.2, 0.25) is 0 Å². The Morgan fingerprint density at radius 1 is 0.958 bits per heavy atom. The second-order valence-corrected chi connectivity index (χ2v) is 5.33. The van der Waals surface area contributed by atoms with E-state index >= 15 is 0 Å². The quantitative estimate of drug-likeness (QED) is 0.673. The molecule has 0 bridgehead atoms. The number of benzene rings is 2. The summed E-state index contributed by atoms with van der Waals surface area (Å²) in [6.07, 6.45) is -0.733. The molecule has 0 aromatic heterocycles. The topological polar surface area (TPSA) is 81.7 Å². The molecule has 2 unspecified atom stereocenters. The van der Waals surface area contributed by atoms with Gasteiger partial charge in [0.2, 0.25) is 0 Å². The molecule has 2 aromatic rings. The number of Topliss-reactive ketones (excluding diaryl/α,β-unsaturated/α-hetero) is 1. The van der Waals surface area contributed by atoms with Crippen LogP contribution in [0.15, 0.2) is 42.5 Å². The molecular weight excluding hydrogens is 310 g/mol. The maximum absolute atomic E-state index is 12.1. The van der Waals surface area contributed by atoms with Gasteiger partial charge >= 0.3 is 12.1 Å². The van der Waals surface area contributed by atoms with Crippen molar-refractivity contribution in [2.45, 2.75) is 13.0 Å². The SMILES string of the molecule is COC(=O)NC(c1ccc2ccccc2c1)C(C(C)=O)C(=O)OC. The van der Waals surface area contributed by atoms with Gasteiger partial charge in [-0.05, 0) is 29.3 Å². The molecule has 2 atom stereocenters. The van der Waals surface area contributed by atoms with Gasteiger partial charge in [-0.1, -0.05) is 36.4 Å². The van der Waals surface area contributed by atoms with Crippen LogP contribution in [0.1, 0.15) is 18.5 Å². The fraction of sp³-hybridized carbons (Fsp3) is 0.278. The van der Waals surface area contributed by atoms with Gasteiger partial charge in [-0.3, -0.25) is 9.59 Å². The summed E-state index contributed by atoms with van der Waals surface area (Å²) < 4.78 is 9.35. The third-order valence-electron chi connectivity index (χ3n) is 3.82. The summed E-state index contributed by atoms with van der Waals surface area (Å²) in [4.78, 5) is 35.8. The number of methoxy groups -OCH3 is 2. The Kier molecular flexibility index (Phi) is 5.52. The molecule has 1 amide bonds. The van der Waals surface area contributed by atoms with E-state index in [1.165, 1.54) is 21.1 Å². The van der Waals surface area contributed by atoms with Crippen molar-refractivity contribution >= 4 is 28.6 Å². The molecule has 0 aliphatic heterocycles. The molecule has 0 saturated carbocycles. The predicted octanol–water partition coefficient (Wildman–Crippen LogP) is 2.62. The van der Waals surface area contributed by atoms with Crippen molar-refractivity contribution in [3.63, 3.8) is 0 Å². The Labute approximate surface area is 139 Å². The Morgan fingerprint density at radius 3 is 2.21 bits per heavy atom. The lowest BCUT2D eigenvalue weighted by molar-refractivity contribution is -0.150. The van der Waals surface area contributed by atoms with Gasteiger partial charge in [0.05, 0.1) is 20.3 Å². The predicted molar refractivity (Wildman–Crippen MR) is 88.4 cm³/mol. The number of alkyl carbamates (subject to hydrolysis) is 1. The molecule has 2 aromatic carbocycles. The zero-order valence-electron chi connectivity index (χ0n) is 13.7. The van der Waals surface area contributed by atoms with Crippen LogP contribution in [-0.2, 0) is 19.1 Å². The van der Waals surface area contributed by atoms with Gasteiger partial charge in [0.25, 0.3) is 0 Å². The van der Waals surface area contributed by atoms with E-state index < -0.39 is 29.8 Å². The van der Waals surface area contributed by atoms with E-state index in [4.69, 9.17) is 4.74 Å². The normalized spacial score (nSPS) is 13.0. The maximum atomic E-state index is 12.1. The molecule has 0 heterocycles. The van der Waals surface area contributed by atoms with Crippen LogP contribution >= 0.6 is 0 Å². The maximum Gasteiger partial charge on any atom is 0.407 e. The summed E-state index contributed by atoms with van der Waals surface area (Å²) in [7, 11) is 2.42. The fourth-order valence-electron chi connectivity index (χ4n) is 2.61. The summed E-state index contributed by atoms with van der Waals surface area (Å²) in [6.45, 7) is 1.29. The van der Waals surface area contributed by atoms with Gasteiger partial charge < -0.3 is 14.8 Å². The van der Waals surface area contributed by atoms with Crippen LogP contribution in [0.5, 0.6) is 0 Å². The smallest absolute Gasteiger partial charge is 0.407 e. The second kappa shape index (κ2) is 7.59. The van der Waals surface area contributed by atoms with Crippen molar-refractivity contribution < 1.29 is 23.9 Å². The number of carbonyl (C=O) groups excluding carboxylic acids is 3. The molecule has 0 radical (unpaired) electrons. The van der Waals surface area contributed by atoms with Gasteiger partial charge in [0.15, 0.2) is 0 Å². The summed E-state index contributed by atoms with van der Waals surface area (Å²) in [5.74, 6) is -2.27. The van der Waals surface area contributed by atoms with Crippen LogP contribution < -0.4 is 5.32 Å². The zero-order valence-corrected chi connectivity index (χ0v) is 13.7. The third-order valence-corrected chi connectivity index (χ3v) is 3.82. The molecule has 0 spiro atoms. The summed E-state index contributed by atoms with van der Waals surface area (Å²) in [6, 6.07) is 12.2. The average Bonchev–Trinajstić information content (AvgIpc) is 2.59. The first kappa shape index (κ1) is 17.5. The molecule has 6 nitrogen and oxygen atoms in total. The van der Waals surface area contributed by atoms with Gasteiger partial charge in [-0.15, -0.1) is 0 Å². The number of ether oxygens (including phenoxy) is 2. The lowest BCUT2D eigenvalue weighted by atomic mass is 9.89. The minimum atomic E-state index is -1.16. The molecule has 2 rings (SSSR count). The van der Waals surface area contributed by atoms with E-state index in [9.17, 15) is 14.4 Å². The summed E-state index contributed by atoms with van der Waals surface area (Å²) in [5, 5.41) is 4.50. The number of esters is 1. The van der Waals surface area contributed by atoms with Gasteiger partial charge in [0, 0.05) is 0 Å². The van der Waals surface area contributed by atoms with Crippen molar-refractivity contribution in [1.82, 2.24) is 5.32 Å². The number of hydrogen-bond donors (Lipinski definition) is 1. The van der Waals surface area contributed by atoms with Crippen molar-refractivity contribution in [2.75, 3.05) is 14.2 Å². The molecule has 0 fully saturated rings. The van der Waals surface area contributed by atoms with E-state index in [2.05, 4.69) is 10.1 Å². The minimum Gasteiger partial charge on any atom is -0.468 e. The van der Waals surface area contributed by atoms with Crippen LogP contribution in [-0.4, -0.2) is 32.1 Å². The van der Waals surface area contributed by atoms with E-state index in [0.29, 0.717) is 5.56 Å². The molecular formula is C18H19NO5. The minimum absolute atomic E-state index is 0.406. The third kappa shape index (κ3) is 3.71. The molecule has 0 aliphatic carbocycles. The molecule has 1 N–H and O–H groups in total. The van der Waals surface area contributed by atoms with E-state index in [0.717, 1.165) is 10.8 Å². The first-order valence-corrected chi connectivity index (χ1v) is 7.39. The molecule has 0 saturated heterocycles. The highest BCUT2D eigenvalue weighted by atomic mass is 16.5. The van der Waals surface area contributed by atoms with Gasteiger partial charge in [-0.25, -0.2) is 4.79 Å². The highest BCUT2D eigenvalue weighted by molar-refractivity contribution is 5.99. The van der Waals surface area contributed by atoms with E-state index in [1.54, 1.807) is 6.07 Å². The Morgan fingerprint density at radius 2 is 1.62 bits per heavy atom. The monoisotopic (exact) mass is 329 g/mol. The van der Waals surface area contributed by atoms with Crippen molar-refractivity contribution in [1.29, 1.82) is 0 Å². The Bertz CT molecular complexity index is 771. The highest BCUT2D eigenvalue weighted by Crippen LogP contribution is 2.27. The highest BCUT2D eigenvalue weighted by Gasteiger charge is 2.36. The largest absolute Gasteiger partial charge is 0.468 e. The lowest BCUT2D eigenvalue weighted by Crippen LogP contribution is -2.40. The van der Waals surface area contributed by atoms with Crippen LogP contribution in [0.25, 0.3) is 10.8 Å².